The number of rotatable bonds is 4. The molecule has 3 rings (SSSR count). The van der Waals surface area contributed by atoms with Crippen LogP contribution in [-0.4, -0.2) is 39.1 Å². The maximum absolute atomic E-state index is 12.3. The van der Waals surface area contributed by atoms with Crippen molar-refractivity contribution in [3.05, 3.63) is 40.2 Å². The first-order chi connectivity index (χ1) is 11.0. The second-order valence-corrected chi connectivity index (χ2v) is 7.63. The lowest BCUT2D eigenvalue weighted by Crippen LogP contribution is -3.26. The van der Waals surface area contributed by atoms with Crippen LogP contribution in [0.1, 0.15) is 26.6 Å². The van der Waals surface area contributed by atoms with Crippen LogP contribution in [0.3, 0.4) is 0 Å². The fourth-order valence-electron chi connectivity index (χ4n) is 3.02. The number of nitrogens with one attached hydrogen (secondary N) is 3. The van der Waals surface area contributed by atoms with E-state index in [0.717, 1.165) is 11.5 Å². The molecule has 3 heterocycles. The highest BCUT2D eigenvalue weighted by atomic mass is 32.1. The maximum Gasteiger partial charge on any atom is 0.291 e. The van der Waals surface area contributed by atoms with Crippen molar-refractivity contribution in [1.82, 2.24) is 0 Å². The zero-order valence-corrected chi connectivity index (χ0v) is 14.8. The van der Waals surface area contributed by atoms with Gasteiger partial charge in [0.1, 0.15) is 37.7 Å². The first kappa shape index (κ1) is 16.2. The van der Waals surface area contributed by atoms with Crippen molar-refractivity contribution in [1.29, 1.82) is 0 Å². The fourth-order valence-corrected chi connectivity index (χ4v) is 4.09. The number of likely N-dealkylation sites (N-methyl/N-ethyl adjacent to an activating group) is 1. The minimum absolute atomic E-state index is 0.171. The molecule has 1 aliphatic heterocycles. The van der Waals surface area contributed by atoms with Gasteiger partial charge in [-0.2, -0.15) is 0 Å². The Morgan fingerprint density at radius 2 is 2.04 bits per heavy atom. The number of carbonyl (C=O) groups is 1. The number of hydrogen-bond donors (Lipinski definition) is 3. The molecule has 0 unspecified atom stereocenters. The van der Waals surface area contributed by atoms with Gasteiger partial charge >= 0.3 is 0 Å². The molecule has 124 valence electrons. The van der Waals surface area contributed by atoms with Gasteiger partial charge in [0.2, 0.25) is 0 Å². The van der Waals surface area contributed by atoms with Gasteiger partial charge in [-0.15, -0.1) is 11.3 Å². The van der Waals surface area contributed by atoms with Gasteiger partial charge in [-0.1, -0.05) is 0 Å². The molecule has 2 aromatic rings. The van der Waals surface area contributed by atoms with Gasteiger partial charge in [0.05, 0.1) is 13.3 Å². The number of quaternary nitrogens is 2. The third-order valence-electron chi connectivity index (χ3n) is 4.72. The summed E-state index contributed by atoms with van der Waals surface area (Å²) in [6.45, 7) is 10.1. The molecule has 0 saturated carbocycles. The van der Waals surface area contributed by atoms with Crippen LogP contribution in [0.15, 0.2) is 22.8 Å². The van der Waals surface area contributed by atoms with E-state index in [9.17, 15) is 4.79 Å². The number of piperazine rings is 1. The summed E-state index contributed by atoms with van der Waals surface area (Å²) in [5.74, 6) is 0.186. The van der Waals surface area contributed by atoms with Crippen LogP contribution in [-0.2, 0) is 6.54 Å². The average Bonchev–Trinajstić information content (AvgIpc) is 3.14. The number of furan rings is 1. The Morgan fingerprint density at radius 3 is 2.70 bits per heavy atom. The Bertz CT molecular complexity index is 670. The van der Waals surface area contributed by atoms with Crippen molar-refractivity contribution in [2.45, 2.75) is 20.4 Å². The molecule has 1 amide bonds. The summed E-state index contributed by atoms with van der Waals surface area (Å²) in [6, 6.07) is 3.42. The molecule has 1 saturated heterocycles. The van der Waals surface area contributed by atoms with Crippen molar-refractivity contribution < 1.29 is 19.0 Å². The SMILES string of the molecule is Cc1sc(NC(=O)c2ccco2)c(C[NH+]2CC[NH+](C)CC2)c1C. The Balaban J connectivity index is 1.75. The van der Waals surface area contributed by atoms with Crippen molar-refractivity contribution in [3.8, 4) is 0 Å². The molecule has 3 N–H and O–H groups in total. The molecule has 0 atom stereocenters. The summed E-state index contributed by atoms with van der Waals surface area (Å²) >= 11 is 1.66. The van der Waals surface area contributed by atoms with E-state index in [0.29, 0.717) is 5.76 Å². The van der Waals surface area contributed by atoms with Gasteiger partial charge in [-0.3, -0.25) is 4.79 Å². The normalized spacial score (nSPS) is 21.3. The van der Waals surface area contributed by atoms with Crippen molar-refractivity contribution in [2.75, 3.05) is 38.5 Å². The van der Waals surface area contributed by atoms with Crippen molar-refractivity contribution in [3.63, 3.8) is 0 Å². The lowest BCUT2D eigenvalue weighted by Gasteiger charge is -2.27. The molecular weight excluding hydrogens is 310 g/mol. The molecule has 23 heavy (non-hydrogen) atoms. The molecule has 5 nitrogen and oxygen atoms in total. The number of hydrogen-bond acceptors (Lipinski definition) is 3. The third-order valence-corrected chi connectivity index (χ3v) is 5.88. The van der Waals surface area contributed by atoms with Crippen LogP contribution in [0.2, 0.25) is 0 Å². The van der Waals surface area contributed by atoms with Crippen molar-refractivity contribution >= 4 is 22.2 Å². The van der Waals surface area contributed by atoms with Gasteiger partial charge in [0.15, 0.2) is 5.76 Å². The molecular formula is C17H25N3O2S+2. The van der Waals surface area contributed by atoms with Crippen LogP contribution < -0.4 is 15.1 Å². The molecule has 0 bridgehead atoms. The van der Waals surface area contributed by atoms with E-state index in [1.807, 2.05) is 0 Å². The first-order valence-corrected chi connectivity index (χ1v) is 8.95. The second-order valence-electron chi connectivity index (χ2n) is 6.41. The zero-order chi connectivity index (χ0) is 16.4. The van der Waals surface area contributed by atoms with E-state index >= 15 is 0 Å². The summed E-state index contributed by atoms with van der Waals surface area (Å²) in [6.07, 6.45) is 1.53. The topological polar surface area (TPSA) is 51.1 Å². The minimum Gasteiger partial charge on any atom is -0.459 e. The molecule has 0 spiro atoms. The number of amides is 1. The smallest absolute Gasteiger partial charge is 0.291 e. The zero-order valence-electron chi connectivity index (χ0n) is 14.0. The quantitative estimate of drug-likeness (QED) is 0.744. The largest absolute Gasteiger partial charge is 0.459 e. The Morgan fingerprint density at radius 1 is 1.30 bits per heavy atom. The number of carbonyl (C=O) groups excluding carboxylic acids is 1. The van der Waals surface area contributed by atoms with Crippen LogP contribution in [0.5, 0.6) is 0 Å². The average molecular weight is 335 g/mol. The molecule has 0 radical (unpaired) electrons. The van der Waals surface area contributed by atoms with E-state index in [1.165, 1.54) is 48.4 Å². The monoisotopic (exact) mass is 335 g/mol. The van der Waals surface area contributed by atoms with E-state index in [-0.39, 0.29) is 5.91 Å². The van der Waals surface area contributed by atoms with Gasteiger partial charge in [0.25, 0.3) is 5.91 Å². The highest BCUT2D eigenvalue weighted by Gasteiger charge is 2.24. The summed E-state index contributed by atoms with van der Waals surface area (Å²) in [5.41, 5.74) is 2.59. The van der Waals surface area contributed by atoms with Gasteiger partial charge in [-0.25, -0.2) is 0 Å². The summed E-state index contributed by atoms with van der Waals surface area (Å²) < 4.78 is 5.19. The summed E-state index contributed by atoms with van der Waals surface area (Å²) in [4.78, 5) is 16.8. The van der Waals surface area contributed by atoms with Gasteiger partial charge < -0.3 is 19.5 Å². The summed E-state index contributed by atoms with van der Waals surface area (Å²) in [5, 5.41) is 4.01. The van der Waals surface area contributed by atoms with E-state index in [1.54, 1.807) is 33.3 Å². The highest BCUT2D eigenvalue weighted by molar-refractivity contribution is 7.16. The molecule has 2 aromatic heterocycles. The summed E-state index contributed by atoms with van der Waals surface area (Å²) in [7, 11) is 2.26. The van der Waals surface area contributed by atoms with E-state index in [2.05, 4.69) is 26.2 Å². The maximum atomic E-state index is 12.3. The Kier molecular flexibility index (Phi) is 4.84. The first-order valence-electron chi connectivity index (χ1n) is 8.13. The second kappa shape index (κ2) is 6.86. The lowest BCUT2D eigenvalue weighted by molar-refractivity contribution is -1.01. The van der Waals surface area contributed by atoms with Gasteiger partial charge in [0, 0.05) is 10.4 Å². The Labute approximate surface area is 140 Å². The predicted octanol–water partition coefficient (Wildman–Crippen LogP) is 0.123. The minimum atomic E-state index is -0.171. The Hall–Kier alpha value is -1.63. The number of aryl methyl sites for hydroxylation is 1. The van der Waals surface area contributed by atoms with Crippen LogP contribution in [0, 0.1) is 13.8 Å². The van der Waals surface area contributed by atoms with Crippen LogP contribution in [0.25, 0.3) is 0 Å². The number of anilines is 1. The van der Waals surface area contributed by atoms with E-state index in [4.69, 9.17) is 4.42 Å². The standard InChI is InChI=1S/C17H23N3O2S/c1-12-13(2)23-17(18-16(21)15-5-4-10-22-15)14(12)11-20-8-6-19(3)7-9-20/h4-5,10H,6-9,11H2,1-3H3,(H,18,21)/p+2. The van der Waals surface area contributed by atoms with Crippen LogP contribution >= 0.6 is 11.3 Å². The van der Waals surface area contributed by atoms with Crippen LogP contribution in [0.4, 0.5) is 5.00 Å². The molecule has 0 aliphatic carbocycles. The lowest BCUT2D eigenvalue weighted by atomic mass is 10.1. The van der Waals surface area contributed by atoms with E-state index < -0.39 is 0 Å². The third kappa shape index (κ3) is 3.65. The molecule has 6 heteroatoms. The molecule has 1 fully saturated rings. The molecule has 0 aromatic carbocycles. The molecule has 1 aliphatic rings. The predicted molar refractivity (Wildman–Crippen MR) is 91.5 cm³/mol. The fraction of sp³-hybridized carbons (Fsp3) is 0.471. The van der Waals surface area contributed by atoms with Crippen molar-refractivity contribution in [2.24, 2.45) is 0 Å². The highest BCUT2D eigenvalue weighted by Crippen LogP contribution is 2.32. The van der Waals surface area contributed by atoms with Gasteiger partial charge in [-0.05, 0) is 31.5 Å². The number of thiophene rings is 1.